The minimum absolute atomic E-state index is 0.0994. The summed E-state index contributed by atoms with van der Waals surface area (Å²) < 4.78 is 17.2. The van der Waals surface area contributed by atoms with Gasteiger partial charge in [0.2, 0.25) is 0 Å². The summed E-state index contributed by atoms with van der Waals surface area (Å²) >= 11 is 0. The molecule has 1 aromatic rings. The number of rotatable bonds is 6. The molecule has 0 saturated carbocycles. The zero-order valence-corrected chi connectivity index (χ0v) is 12.1. The molecular formula is C15H23FN2O2. The third-order valence-electron chi connectivity index (χ3n) is 3.67. The number of halogens is 1. The molecule has 0 amide bonds. The van der Waals surface area contributed by atoms with Gasteiger partial charge in [-0.25, -0.2) is 4.39 Å². The molecule has 1 aliphatic heterocycles. The first-order valence-corrected chi connectivity index (χ1v) is 6.94. The topological polar surface area (TPSA) is 35.9 Å². The van der Waals surface area contributed by atoms with Gasteiger partial charge in [-0.15, -0.1) is 0 Å². The minimum Gasteiger partial charge on any atom is -0.491 e. The van der Waals surface area contributed by atoms with Crippen LogP contribution in [0, 0.1) is 0 Å². The van der Waals surface area contributed by atoms with E-state index in [1.54, 1.807) is 0 Å². The third-order valence-corrected chi connectivity index (χ3v) is 3.67. The maximum Gasteiger partial charge on any atom is 0.123 e. The summed E-state index contributed by atoms with van der Waals surface area (Å²) in [5, 5.41) is 10.0. The molecule has 0 aliphatic carbocycles. The van der Waals surface area contributed by atoms with Crippen LogP contribution in [-0.2, 0) is 6.54 Å². The number of likely N-dealkylation sites (N-methyl/N-ethyl adjacent to an activating group) is 1. The van der Waals surface area contributed by atoms with Gasteiger partial charge in [0.1, 0.15) is 19.0 Å². The lowest BCUT2D eigenvalue weighted by Crippen LogP contribution is -2.37. The number of ether oxygens (including phenoxy) is 1. The van der Waals surface area contributed by atoms with Gasteiger partial charge in [0.25, 0.3) is 0 Å². The van der Waals surface area contributed by atoms with Crippen molar-refractivity contribution in [3.8, 4) is 5.75 Å². The molecule has 0 spiro atoms. The van der Waals surface area contributed by atoms with Gasteiger partial charge in [0.15, 0.2) is 0 Å². The standard InChI is InChI=1S/C15H23FN2O2/c1-17(2)14-10-18(11-15(14)19)9-12-3-5-13(6-4-12)20-8-7-16/h3-6,14-15,19H,7-11H2,1-2H3/t14-,15-/m0/s1. The largest absolute Gasteiger partial charge is 0.491 e. The van der Waals surface area contributed by atoms with Crippen molar-refractivity contribution in [1.29, 1.82) is 0 Å². The third kappa shape index (κ3) is 3.91. The number of β-amino-alcohol motifs (C(OH)–C–C–N with tert-alkyl or cyclic N) is 1. The Hall–Kier alpha value is -1.17. The number of nitrogens with zero attached hydrogens (tertiary/aromatic N) is 2. The molecule has 1 aromatic carbocycles. The van der Waals surface area contributed by atoms with Crippen molar-refractivity contribution in [3.05, 3.63) is 29.8 Å². The maximum atomic E-state index is 12.0. The number of aliphatic hydroxyl groups is 1. The van der Waals surface area contributed by atoms with E-state index in [2.05, 4.69) is 9.80 Å². The van der Waals surface area contributed by atoms with Gasteiger partial charge in [-0.2, -0.15) is 0 Å². The van der Waals surface area contributed by atoms with Crippen molar-refractivity contribution in [3.63, 3.8) is 0 Å². The van der Waals surface area contributed by atoms with E-state index in [4.69, 9.17) is 4.74 Å². The summed E-state index contributed by atoms with van der Waals surface area (Å²) in [4.78, 5) is 4.31. The number of hydrogen-bond donors (Lipinski definition) is 1. The Labute approximate surface area is 119 Å². The second-order valence-corrected chi connectivity index (χ2v) is 5.47. The summed E-state index contributed by atoms with van der Waals surface area (Å²) in [5.41, 5.74) is 1.17. The monoisotopic (exact) mass is 282 g/mol. The van der Waals surface area contributed by atoms with E-state index in [0.717, 1.165) is 13.1 Å². The van der Waals surface area contributed by atoms with Gasteiger partial charge in [0, 0.05) is 25.7 Å². The van der Waals surface area contributed by atoms with Gasteiger partial charge in [0.05, 0.1) is 6.10 Å². The average Bonchev–Trinajstić information content (AvgIpc) is 2.79. The maximum absolute atomic E-state index is 12.0. The number of hydrogen-bond acceptors (Lipinski definition) is 4. The highest BCUT2D eigenvalue weighted by Crippen LogP contribution is 2.19. The predicted molar refractivity (Wildman–Crippen MR) is 76.7 cm³/mol. The molecule has 2 rings (SSSR count). The molecule has 20 heavy (non-hydrogen) atoms. The first kappa shape index (κ1) is 15.2. The lowest BCUT2D eigenvalue weighted by atomic mass is 10.2. The van der Waals surface area contributed by atoms with Crippen molar-refractivity contribution in [2.45, 2.75) is 18.7 Å². The van der Waals surface area contributed by atoms with Crippen LogP contribution in [0.15, 0.2) is 24.3 Å². The molecule has 4 nitrogen and oxygen atoms in total. The van der Waals surface area contributed by atoms with E-state index in [9.17, 15) is 9.50 Å². The molecule has 0 aromatic heterocycles. The van der Waals surface area contributed by atoms with Crippen LogP contribution in [0.25, 0.3) is 0 Å². The molecule has 0 radical (unpaired) electrons. The van der Waals surface area contributed by atoms with E-state index in [1.165, 1.54) is 5.56 Å². The van der Waals surface area contributed by atoms with Gasteiger partial charge >= 0.3 is 0 Å². The van der Waals surface area contributed by atoms with E-state index < -0.39 is 6.67 Å². The molecule has 112 valence electrons. The lowest BCUT2D eigenvalue weighted by Gasteiger charge is -2.21. The highest BCUT2D eigenvalue weighted by Gasteiger charge is 2.32. The fourth-order valence-corrected chi connectivity index (χ4v) is 2.59. The molecule has 2 atom stereocenters. The average molecular weight is 282 g/mol. The number of benzene rings is 1. The molecular weight excluding hydrogens is 259 g/mol. The summed E-state index contributed by atoms with van der Waals surface area (Å²) in [6.45, 7) is 2.00. The van der Waals surface area contributed by atoms with E-state index in [-0.39, 0.29) is 18.8 Å². The van der Waals surface area contributed by atoms with E-state index >= 15 is 0 Å². The van der Waals surface area contributed by atoms with Crippen LogP contribution in [0.5, 0.6) is 5.75 Å². The van der Waals surface area contributed by atoms with Crippen molar-refractivity contribution >= 4 is 0 Å². The Bertz CT molecular complexity index is 411. The molecule has 5 heteroatoms. The number of likely N-dealkylation sites (tertiary alicyclic amines) is 1. The summed E-state index contributed by atoms with van der Waals surface area (Å²) in [6.07, 6.45) is -0.294. The summed E-state index contributed by atoms with van der Waals surface area (Å²) in [5.74, 6) is 0.694. The Morgan fingerprint density at radius 1 is 1.30 bits per heavy atom. The number of alkyl halides is 1. The quantitative estimate of drug-likeness (QED) is 0.849. The fraction of sp³-hybridized carbons (Fsp3) is 0.600. The number of aliphatic hydroxyl groups excluding tert-OH is 1. The van der Waals surface area contributed by atoms with Crippen LogP contribution < -0.4 is 4.74 Å². The molecule has 0 unspecified atom stereocenters. The molecule has 1 N–H and O–H groups in total. The van der Waals surface area contributed by atoms with Crippen molar-refractivity contribution in [2.24, 2.45) is 0 Å². The van der Waals surface area contributed by atoms with Crippen LogP contribution >= 0.6 is 0 Å². The van der Waals surface area contributed by atoms with Crippen molar-refractivity contribution in [2.75, 3.05) is 40.5 Å². The highest BCUT2D eigenvalue weighted by atomic mass is 19.1. The van der Waals surface area contributed by atoms with Gasteiger partial charge < -0.3 is 14.7 Å². The second-order valence-electron chi connectivity index (χ2n) is 5.47. The minimum atomic E-state index is -0.473. The fourth-order valence-electron chi connectivity index (χ4n) is 2.59. The zero-order valence-electron chi connectivity index (χ0n) is 12.1. The smallest absolute Gasteiger partial charge is 0.123 e. The van der Waals surface area contributed by atoms with Gasteiger partial charge in [-0.05, 0) is 31.8 Å². The Morgan fingerprint density at radius 3 is 2.55 bits per heavy atom. The molecule has 1 saturated heterocycles. The van der Waals surface area contributed by atoms with Crippen LogP contribution in [0.3, 0.4) is 0 Å². The normalized spacial score (nSPS) is 23.4. The molecule has 1 fully saturated rings. The van der Waals surface area contributed by atoms with Crippen LogP contribution in [0.2, 0.25) is 0 Å². The first-order valence-electron chi connectivity index (χ1n) is 6.94. The summed E-state index contributed by atoms with van der Waals surface area (Å²) in [7, 11) is 3.99. The Kier molecular flexibility index (Phi) is 5.34. The van der Waals surface area contributed by atoms with Crippen molar-refractivity contribution in [1.82, 2.24) is 9.80 Å². The predicted octanol–water partition coefficient (Wildman–Crippen LogP) is 1.14. The van der Waals surface area contributed by atoms with E-state index in [0.29, 0.717) is 12.3 Å². The van der Waals surface area contributed by atoms with Crippen molar-refractivity contribution < 1.29 is 14.2 Å². The zero-order chi connectivity index (χ0) is 14.5. The van der Waals surface area contributed by atoms with Crippen LogP contribution in [-0.4, -0.2) is 67.5 Å². The van der Waals surface area contributed by atoms with Gasteiger partial charge in [-0.3, -0.25) is 4.90 Å². The van der Waals surface area contributed by atoms with Crippen LogP contribution in [0.4, 0.5) is 4.39 Å². The van der Waals surface area contributed by atoms with Gasteiger partial charge in [-0.1, -0.05) is 12.1 Å². The SMILES string of the molecule is CN(C)[C@H]1CN(Cc2ccc(OCCF)cc2)C[C@@H]1O. The van der Waals surface area contributed by atoms with E-state index in [1.807, 2.05) is 38.4 Å². The Balaban J connectivity index is 1.88. The Morgan fingerprint density at radius 2 is 2.00 bits per heavy atom. The molecule has 1 heterocycles. The summed E-state index contributed by atoms with van der Waals surface area (Å²) in [6, 6.07) is 7.90. The van der Waals surface area contributed by atoms with Crippen LogP contribution in [0.1, 0.15) is 5.56 Å². The highest BCUT2D eigenvalue weighted by molar-refractivity contribution is 5.27. The lowest BCUT2D eigenvalue weighted by molar-refractivity contribution is 0.112. The molecule has 0 bridgehead atoms. The first-order chi connectivity index (χ1) is 9.60. The second kappa shape index (κ2) is 7.02. The molecule has 1 aliphatic rings.